The molecule has 4 nitrogen and oxygen atoms in total. The predicted octanol–water partition coefficient (Wildman–Crippen LogP) is 4.82. The highest BCUT2D eigenvalue weighted by Crippen LogP contribution is 2.20. The lowest BCUT2D eigenvalue weighted by molar-refractivity contribution is 0.187. The summed E-state index contributed by atoms with van der Waals surface area (Å²) in [6.07, 6.45) is 8.33. The summed E-state index contributed by atoms with van der Waals surface area (Å²) in [6.45, 7) is 1.12. The highest BCUT2D eigenvalue weighted by Gasteiger charge is 2.20. The fraction of sp³-hybridized carbons (Fsp3) is 0.429. The topological polar surface area (TPSA) is 45.2 Å². The molecule has 0 bridgehead atoms. The number of aromatic nitrogens is 1. The van der Waals surface area contributed by atoms with Crippen molar-refractivity contribution in [2.45, 2.75) is 51.1 Å². The molecule has 2 aromatic rings. The number of rotatable bonds is 6. The van der Waals surface area contributed by atoms with Gasteiger partial charge < -0.3 is 10.2 Å². The molecule has 1 heterocycles. The third-order valence-corrected chi connectivity index (χ3v) is 5.27. The maximum Gasteiger partial charge on any atom is 0.317 e. The van der Waals surface area contributed by atoms with Crippen LogP contribution < -0.4 is 5.32 Å². The van der Waals surface area contributed by atoms with Gasteiger partial charge in [-0.3, -0.25) is 4.98 Å². The van der Waals surface area contributed by atoms with Gasteiger partial charge in [-0.15, -0.1) is 0 Å². The van der Waals surface area contributed by atoms with E-state index in [1.165, 1.54) is 19.3 Å². The molecule has 138 valence electrons. The van der Waals surface area contributed by atoms with Crippen molar-refractivity contribution in [1.29, 1.82) is 0 Å². The molecule has 0 saturated heterocycles. The number of nitrogens with zero attached hydrogens (tertiary/aromatic N) is 2. The lowest BCUT2D eigenvalue weighted by Crippen LogP contribution is -2.45. The highest BCUT2D eigenvalue weighted by atomic mass is 35.5. The van der Waals surface area contributed by atoms with E-state index in [2.05, 4.69) is 10.3 Å². The molecule has 2 amide bonds. The minimum atomic E-state index is -0.00671. The number of benzene rings is 1. The van der Waals surface area contributed by atoms with Crippen molar-refractivity contribution in [3.05, 3.63) is 64.9 Å². The number of hydrogen-bond donors (Lipinski definition) is 1. The fourth-order valence-electron chi connectivity index (χ4n) is 3.39. The predicted molar refractivity (Wildman–Crippen MR) is 105 cm³/mol. The molecule has 1 saturated carbocycles. The van der Waals surface area contributed by atoms with Crippen molar-refractivity contribution >= 4 is 17.6 Å². The minimum absolute atomic E-state index is 0.00671. The van der Waals surface area contributed by atoms with Crippen LogP contribution in [0, 0.1) is 0 Å². The number of pyridine rings is 1. The van der Waals surface area contributed by atoms with Gasteiger partial charge in [0.1, 0.15) is 0 Å². The van der Waals surface area contributed by atoms with E-state index in [9.17, 15) is 4.79 Å². The highest BCUT2D eigenvalue weighted by molar-refractivity contribution is 6.31. The van der Waals surface area contributed by atoms with Crippen molar-refractivity contribution < 1.29 is 4.79 Å². The molecule has 1 aliphatic carbocycles. The number of carbonyl (C=O) groups is 1. The van der Waals surface area contributed by atoms with Crippen LogP contribution in [0.5, 0.6) is 0 Å². The van der Waals surface area contributed by atoms with E-state index in [1.807, 2.05) is 47.4 Å². The maximum absolute atomic E-state index is 12.9. The first-order valence-electron chi connectivity index (χ1n) is 9.41. The average Bonchev–Trinajstić information content (AvgIpc) is 2.68. The lowest BCUT2D eigenvalue weighted by atomic mass is 9.96. The Morgan fingerprint density at radius 2 is 1.88 bits per heavy atom. The Morgan fingerprint density at radius 1 is 1.12 bits per heavy atom. The monoisotopic (exact) mass is 371 g/mol. The minimum Gasteiger partial charge on any atom is -0.335 e. The second-order valence-electron chi connectivity index (χ2n) is 6.87. The smallest absolute Gasteiger partial charge is 0.317 e. The molecule has 0 spiro atoms. The van der Waals surface area contributed by atoms with Gasteiger partial charge in [0.05, 0.1) is 0 Å². The van der Waals surface area contributed by atoms with Crippen LogP contribution in [0.25, 0.3) is 0 Å². The first kappa shape index (κ1) is 18.7. The fourth-order valence-corrected chi connectivity index (χ4v) is 3.59. The van der Waals surface area contributed by atoms with Crippen molar-refractivity contribution in [2.24, 2.45) is 0 Å². The second-order valence-corrected chi connectivity index (χ2v) is 7.28. The van der Waals surface area contributed by atoms with Gasteiger partial charge in [-0.25, -0.2) is 4.79 Å². The zero-order valence-corrected chi connectivity index (χ0v) is 15.8. The van der Waals surface area contributed by atoms with Crippen LogP contribution in [0.4, 0.5) is 4.79 Å². The van der Waals surface area contributed by atoms with E-state index in [4.69, 9.17) is 11.6 Å². The molecular formula is C21H26ClN3O. The van der Waals surface area contributed by atoms with E-state index in [0.29, 0.717) is 24.2 Å². The van der Waals surface area contributed by atoms with Crippen LogP contribution in [-0.2, 0) is 13.0 Å². The Labute approximate surface area is 160 Å². The zero-order valence-electron chi connectivity index (χ0n) is 15.0. The van der Waals surface area contributed by atoms with Gasteiger partial charge in [0.2, 0.25) is 0 Å². The average molecular weight is 372 g/mol. The van der Waals surface area contributed by atoms with Gasteiger partial charge >= 0.3 is 6.03 Å². The molecule has 5 heteroatoms. The van der Waals surface area contributed by atoms with Gasteiger partial charge in [0.15, 0.2) is 0 Å². The third kappa shape index (κ3) is 5.46. The molecule has 0 aliphatic heterocycles. The molecule has 1 aromatic heterocycles. The Hall–Kier alpha value is -2.07. The van der Waals surface area contributed by atoms with Crippen molar-refractivity contribution in [1.82, 2.24) is 15.2 Å². The summed E-state index contributed by atoms with van der Waals surface area (Å²) in [5.41, 5.74) is 1.95. The summed E-state index contributed by atoms with van der Waals surface area (Å²) >= 11 is 6.31. The van der Waals surface area contributed by atoms with E-state index >= 15 is 0 Å². The lowest BCUT2D eigenvalue weighted by Gasteiger charge is -2.28. The third-order valence-electron chi connectivity index (χ3n) is 4.90. The number of amides is 2. The Balaban J connectivity index is 1.67. The summed E-state index contributed by atoms with van der Waals surface area (Å²) < 4.78 is 0. The van der Waals surface area contributed by atoms with Crippen LogP contribution in [-0.4, -0.2) is 28.5 Å². The Morgan fingerprint density at radius 3 is 2.62 bits per heavy atom. The number of nitrogens with one attached hydrogen (secondary N) is 1. The first-order chi connectivity index (χ1) is 12.7. The largest absolute Gasteiger partial charge is 0.335 e. The van der Waals surface area contributed by atoms with Gasteiger partial charge in [0.25, 0.3) is 0 Å². The summed E-state index contributed by atoms with van der Waals surface area (Å²) in [5, 5.41) is 3.91. The summed E-state index contributed by atoms with van der Waals surface area (Å²) in [6, 6.07) is 13.9. The number of hydrogen-bond acceptors (Lipinski definition) is 2. The van der Waals surface area contributed by atoms with E-state index in [0.717, 1.165) is 30.5 Å². The standard InChI is InChI=1S/C21H26ClN3O/c22-20-12-5-4-8-17(20)16-25(15-13-18-9-6-7-14-23-18)21(26)24-19-10-2-1-3-11-19/h4-9,12,14,19H,1-3,10-11,13,15-16H2,(H,24,26). The molecule has 26 heavy (non-hydrogen) atoms. The maximum atomic E-state index is 12.9. The molecule has 0 atom stereocenters. The molecule has 1 aliphatic rings. The molecule has 1 N–H and O–H groups in total. The SMILES string of the molecule is O=C(NC1CCCCC1)N(CCc1ccccn1)Cc1ccccc1Cl. The van der Waals surface area contributed by atoms with Gasteiger partial charge in [-0.1, -0.05) is 55.1 Å². The normalized spacial score (nSPS) is 14.8. The van der Waals surface area contributed by atoms with E-state index in [-0.39, 0.29) is 6.03 Å². The van der Waals surface area contributed by atoms with Crippen LogP contribution in [0.15, 0.2) is 48.7 Å². The number of halogens is 1. The quantitative estimate of drug-likeness (QED) is 0.791. The molecule has 1 aromatic carbocycles. The van der Waals surface area contributed by atoms with Gasteiger partial charge in [-0.05, 0) is 36.6 Å². The zero-order chi connectivity index (χ0) is 18.2. The molecular weight excluding hydrogens is 346 g/mol. The van der Waals surface area contributed by atoms with Crippen molar-refractivity contribution in [3.63, 3.8) is 0 Å². The molecule has 0 radical (unpaired) electrons. The van der Waals surface area contributed by atoms with Crippen LogP contribution in [0.3, 0.4) is 0 Å². The number of carbonyl (C=O) groups excluding carboxylic acids is 1. The number of urea groups is 1. The van der Waals surface area contributed by atoms with Gasteiger partial charge in [-0.2, -0.15) is 0 Å². The van der Waals surface area contributed by atoms with E-state index in [1.54, 1.807) is 6.20 Å². The van der Waals surface area contributed by atoms with Crippen LogP contribution in [0.1, 0.15) is 43.4 Å². The van der Waals surface area contributed by atoms with Crippen LogP contribution >= 0.6 is 11.6 Å². The van der Waals surface area contributed by atoms with Crippen LogP contribution in [0.2, 0.25) is 5.02 Å². The Bertz CT molecular complexity index is 701. The van der Waals surface area contributed by atoms with Gasteiger partial charge in [0, 0.05) is 42.5 Å². The van der Waals surface area contributed by atoms with Crippen molar-refractivity contribution in [2.75, 3.05) is 6.54 Å². The summed E-state index contributed by atoms with van der Waals surface area (Å²) in [4.78, 5) is 19.1. The summed E-state index contributed by atoms with van der Waals surface area (Å²) in [7, 11) is 0. The molecule has 3 rings (SSSR count). The molecule has 1 fully saturated rings. The summed E-state index contributed by atoms with van der Waals surface area (Å²) in [5.74, 6) is 0. The molecule has 0 unspecified atom stereocenters. The second kappa shape index (κ2) is 9.58. The van der Waals surface area contributed by atoms with E-state index < -0.39 is 0 Å². The Kier molecular flexibility index (Phi) is 6.89. The van der Waals surface area contributed by atoms with Crippen molar-refractivity contribution in [3.8, 4) is 0 Å². The first-order valence-corrected chi connectivity index (χ1v) is 9.79.